The van der Waals surface area contributed by atoms with Gasteiger partial charge in [0, 0.05) is 18.9 Å². The van der Waals surface area contributed by atoms with Gasteiger partial charge in [-0.15, -0.1) is 0 Å². The minimum atomic E-state index is -4.56. The van der Waals surface area contributed by atoms with Gasteiger partial charge in [0.15, 0.2) is 0 Å². The van der Waals surface area contributed by atoms with Crippen LogP contribution >= 0.6 is 0 Å². The quantitative estimate of drug-likeness (QED) is 0.786. The van der Waals surface area contributed by atoms with E-state index in [0.29, 0.717) is 18.0 Å². The average Bonchev–Trinajstić information content (AvgIpc) is 2.63. The molecular formula is C16H14F4N4O3. The van der Waals surface area contributed by atoms with E-state index < -0.39 is 29.8 Å². The predicted molar refractivity (Wildman–Crippen MR) is 85.0 cm³/mol. The van der Waals surface area contributed by atoms with Crippen molar-refractivity contribution in [3.63, 3.8) is 0 Å². The summed E-state index contributed by atoms with van der Waals surface area (Å²) in [5, 5.41) is 11.5. The molecule has 1 aliphatic heterocycles. The molecule has 0 spiro atoms. The Morgan fingerprint density at radius 1 is 1.30 bits per heavy atom. The van der Waals surface area contributed by atoms with E-state index in [4.69, 9.17) is 9.84 Å². The fraction of sp³-hybridized carbons (Fsp3) is 0.312. The maximum Gasteiger partial charge on any atom is 0.419 e. The summed E-state index contributed by atoms with van der Waals surface area (Å²) in [7, 11) is 0. The van der Waals surface area contributed by atoms with Crippen molar-refractivity contribution in [3.8, 4) is 0 Å². The molecule has 1 aliphatic rings. The molecule has 1 fully saturated rings. The van der Waals surface area contributed by atoms with E-state index in [0.717, 1.165) is 0 Å². The monoisotopic (exact) mass is 386 g/mol. The number of ether oxygens (including phenoxy) is 1. The second kappa shape index (κ2) is 7.35. The number of halogens is 4. The molecule has 0 aliphatic carbocycles. The van der Waals surface area contributed by atoms with Gasteiger partial charge in [-0.3, -0.25) is 0 Å². The molecule has 1 atom stereocenters. The smallest absolute Gasteiger partial charge is 0.419 e. The first-order valence-electron chi connectivity index (χ1n) is 7.79. The number of anilines is 2. The van der Waals surface area contributed by atoms with E-state index in [9.17, 15) is 22.4 Å². The molecule has 2 heterocycles. The highest BCUT2D eigenvalue weighted by atomic mass is 19.4. The summed E-state index contributed by atoms with van der Waals surface area (Å²) in [6, 6.07) is 4.06. The number of hydrogen-bond acceptors (Lipinski definition) is 5. The Morgan fingerprint density at radius 2 is 2.00 bits per heavy atom. The van der Waals surface area contributed by atoms with E-state index in [1.165, 1.54) is 23.1 Å². The number of aromatic nitrogens is 2. The first-order valence-corrected chi connectivity index (χ1v) is 7.79. The number of carboxylic acid groups (broad SMARTS) is 1. The summed E-state index contributed by atoms with van der Waals surface area (Å²) in [6.45, 7) is 0.501. The number of nitrogens with zero attached hydrogens (tertiary/aromatic N) is 3. The highest BCUT2D eigenvalue weighted by Crippen LogP contribution is 2.29. The molecule has 2 N–H and O–H groups in total. The molecule has 0 bridgehead atoms. The standard InChI is InChI=1S/C16H14F4N4O3/c17-11-5-9(13-8-24(15(25)26)3-4-27-13)1-2-12(11)23-14-21-6-10(7-22-14)16(18,19)20/h1-2,5-7,13H,3-4,8H2,(H,25,26)(H,21,22,23). The van der Waals surface area contributed by atoms with Crippen LogP contribution < -0.4 is 5.32 Å². The number of benzene rings is 1. The van der Waals surface area contributed by atoms with Crippen LogP contribution in [-0.2, 0) is 10.9 Å². The van der Waals surface area contributed by atoms with Crippen LogP contribution in [0.1, 0.15) is 17.2 Å². The third-order valence-electron chi connectivity index (χ3n) is 3.93. The van der Waals surface area contributed by atoms with Crippen LogP contribution in [0.4, 0.5) is 34.0 Å². The Labute approximate surface area is 150 Å². The summed E-state index contributed by atoms with van der Waals surface area (Å²) in [4.78, 5) is 19.3. The lowest BCUT2D eigenvalue weighted by Gasteiger charge is -2.31. The van der Waals surface area contributed by atoms with Gasteiger partial charge in [-0.1, -0.05) is 6.07 Å². The number of nitrogens with one attached hydrogen (secondary N) is 1. The molecule has 1 aromatic carbocycles. The topological polar surface area (TPSA) is 87.6 Å². The minimum Gasteiger partial charge on any atom is -0.465 e. The predicted octanol–water partition coefficient (Wildman–Crippen LogP) is 3.43. The molecule has 3 rings (SSSR count). The highest BCUT2D eigenvalue weighted by molar-refractivity contribution is 5.65. The molecule has 11 heteroatoms. The van der Waals surface area contributed by atoms with Crippen molar-refractivity contribution in [2.75, 3.05) is 25.0 Å². The van der Waals surface area contributed by atoms with E-state index in [-0.39, 0.29) is 31.3 Å². The summed E-state index contributed by atoms with van der Waals surface area (Å²) in [5.74, 6) is -0.896. The second-order valence-electron chi connectivity index (χ2n) is 5.75. The Kier molecular flexibility index (Phi) is 5.13. The van der Waals surface area contributed by atoms with Gasteiger partial charge in [-0.2, -0.15) is 13.2 Å². The molecule has 1 amide bonds. The number of hydrogen-bond donors (Lipinski definition) is 2. The zero-order valence-electron chi connectivity index (χ0n) is 13.7. The lowest BCUT2D eigenvalue weighted by molar-refractivity contribution is -0.138. The van der Waals surface area contributed by atoms with E-state index in [2.05, 4.69) is 15.3 Å². The molecule has 2 aromatic rings. The largest absolute Gasteiger partial charge is 0.465 e. The van der Waals surface area contributed by atoms with Crippen molar-refractivity contribution in [1.82, 2.24) is 14.9 Å². The van der Waals surface area contributed by atoms with Gasteiger partial charge in [0.05, 0.1) is 24.4 Å². The summed E-state index contributed by atoms with van der Waals surface area (Å²) in [6.07, 6.45) is -5.06. The summed E-state index contributed by atoms with van der Waals surface area (Å²) < 4.78 is 57.3. The van der Waals surface area contributed by atoms with Crippen LogP contribution in [0, 0.1) is 5.82 Å². The molecule has 27 heavy (non-hydrogen) atoms. The zero-order chi connectivity index (χ0) is 19.6. The number of rotatable bonds is 3. The first kappa shape index (κ1) is 18.8. The third kappa shape index (κ3) is 4.42. The van der Waals surface area contributed by atoms with Crippen molar-refractivity contribution in [3.05, 3.63) is 47.5 Å². The van der Waals surface area contributed by atoms with Gasteiger partial charge < -0.3 is 20.1 Å². The molecule has 1 unspecified atom stereocenters. The zero-order valence-corrected chi connectivity index (χ0v) is 13.7. The summed E-state index contributed by atoms with van der Waals surface area (Å²) >= 11 is 0. The van der Waals surface area contributed by atoms with Gasteiger partial charge in [0.1, 0.15) is 11.9 Å². The van der Waals surface area contributed by atoms with E-state index in [1.54, 1.807) is 0 Å². The van der Waals surface area contributed by atoms with E-state index in [1.807, 2.05) is 0 Å². The molecular weight excluding hydrogens is 372 g/mol. The van der Waals surface area contributed by atoms with Crippen LogP contribution in [0.3, 0.4) is 0 Å². The lowest BCUT2D eigenvalue weighted by Crippen LogP contribution is -2.41. The molecule has 0 radical (unpaired) electrons. The summed E-state index contributed by atoms with van der Waals surface area (Å²) in [5.41, 5.74) is -0.608. The third-order valence-corrected chi connectivity index (χ3v) is 3.93. The fourth-order valence-electron chi connectivity index (χ4n) is 2.52. The molecule has 0 saturated carbocycles. The van der Waals surface area contributed by atoms with Gasteiger partial charge in [0.25, 0.3) is 0 Å². The number of amides is 1. The van der Waals surface area contributed by atoms with E-state index >= 15 is 0 Å². The Balaban J connectivity index is 1.72. The SMILES string of the molecule is O=C(O)N1CCOC(c2ccc(Nc3ncc(C(F)(F)F)cn3)c(F)c2)C1. The van der Waals surface area contributed by atoms with Crippen LogP contribution in [0.2, 0.25) is 0 Å². The Morgan fingerprint density at radius 3 is 2.59 bits per heavy atom. The average molecular weight is 386 g/mol. The van der Waals surface area contributed by atoms with Crippen LogP contribution in [0.5, 0.6) is 0 Å². The van der Waals surface area contributed by atoms with Crippen molar-refractivity contribution in [1.29, 1.82) is 0 Å². The minimum absolute atomic E-state index is 0.0376. The van der Waals surface area contributed by atoms with Gasteiger partial charge in [-0.05, 0) is 17.7 Å². The van der Waals surface area contributed by atoms with Crippen molar-refractivity contribution in [2.45, 2.75) is 12.3 Å². The normalized spacial score (nSPS) is 17.6. The molecule has 1 saturated heterocycles. The Bertz CT molecular complexity index is 829. The van der Waals surface area contributed by atoms with Crippen LogP contribution in [0.25, 0.3) is 0 Å². The lowest BCUT2D eigenvalue weighted by atomic mass is 10.1. The van der Waals surface area contributed by atoms with Gasteiger partial charge in [0.2, 0.25) is 5.95 Å². The molecule has 7 nitrogen and oxygen atoms in total. The maximum atomic E-state index is 14.3. The highest BCUT2D eigenvalue weighted by Gasteiger charge is 2.31. The number of morpholine rings is 1. The number of carbonyl (C=O) groups is 1. The van der Waals surface area contributed by atoms with Gasteiger partial charge in [-0.25, -0.2) is 19.2 Å². The van der Waals surface area contributed by atoms with Crippen LogP contribution in [0.15, 0.2) is 30.6 Å². The number of alkyl halides is 3. The van der Waals surface area contributed by atoms with Crippen molar-refractivity contribution >= 4 is 17.7 Å². The van der Waals surface area contributed by atoms with Crippen molar-refractivity contribution < 1.29 is 32.2 Å². The second-order valence-corrected chi connectivity index (χ2v) is 5.75. The Hall–Kier alpha value is -2.95. The first-order chi connectivity index (χ1) is 12.7. The fourth-order valence-corrected chi connectivity index (χ4v) is 2.52. The van der Waals surface area contributed by atoms with Gasteiger partial charge >= 0.3 is 12.3 Å². The maximum absolute atomic E-state index is 14.3. The molecule has 1 aromatic heterocycles. The van der Waals surface area contributed by atoms with Crippen LogP contribution in [-0.4, -0.2) is 45.8 Å². The van der Waals surface area contributed by atoms with Crippen molar-refractivity contribution in [2.24, 2.45) is 0 Å². The molecule has 144 valence electrons.